The van der Waals surface area contributed by atoms with Gasteiger partial charge >= 0.3 is 6.18 Å². The zero-order chi connectivity index (χ0) is 16.6. The molecule has 1 aromatic rings. The van der Waals surface area contributed by atoms with E-state index in [0.29, 0.717) is 6.92 Å². The van der Waals surface area contributed by atoms with Crippen LogP contribution >= 0.6 is 0 Å². The summed E-state index contributed by atoms with van der Waals surface area (Å²) in [5, 5.41) is 12.0. The Bertz CT molecular complexity index is 600. The zero-order valence-electron chi connectivity index (χ0n) is 10.3. The van der Waals surface area contributed by atoms with Gasteiger partial charge in [-0.05, 0) is 6.92 Å². The molecule has 0 aromatic heterocycles. The van der Waals surface area contributed by atoms with E-state index in [-0.39, 0.29) is 12.1 Å². The van der Waals surface area contributed by atoms with Gasteiger partial charge in [-0.15, -0.1) is 0 Å². The lowest BCUT2D eigenvalue weighted by Crippen LogP contribution is -2.59. The summed E-state index contributed by atoms with van der Waals surface area (Å²) in [6.07, 6.45) is -5.18. The Hall–Kier alpha value is -2.30. The number of nitrogens with zero attached hydrogens (tertiary/aromatic N) is 1. The molecule has 0 spiro atoms. The Morgan fingerprint density at radius 3 is 2.29 bits per heavy atom. The molecule has 3 N–H and O–H groups in total. The van der Waals surface area contributed by atoms with E-state index in [4.69, 9.17) is 5.73 Å². The van der Waals surface area contributed by atoms with E-state index < -0.39 is 45.6 Å². The van der Waals surface area contributed by atoms with Crippen LogP contribution < -0.4 is 11.1 Å². The lowest BCUT2D eigenvalue weighted by atomic mass is 10.0. The van der Waals surface area contributed by atoms with Gasteiger partial charge in [-0.2, -0.15) is 13.2 Å². The van der Waals surface area contributed by atoms with E-state index in [9.17, 15) is 36.9 Å². The molecule has 0 fully saturated rings. The lowest BCUT2D eigenvalue weighted by molar-refractivity contribution is -0.384. The van der Waals surface area contributed by atoms with Gasteiger partial charge in [0.2, 0.25) is 0 Å². The van der Waals surface area contributed by atoms with Gasteiger partial charge in [0, 0.05) is 6.07 Å². The van der Waals surface area contributed by atoms with E-state index >= 15 is 0 Å². The summed E-state index contributed by atoms with van der Waals surface area (Å²) in [7, 11) is 0. The van der Waals surface area contributed by atoms with Crippen LogP contribution in [0.5, 0.6) is 0 Å². The smallest absolute Gasteiger partial charge is 0.316 e. The first-order valence-electron chi connectivity index (χ1n) is 5.18. The van der Waals surface area contributed by atoms with Gasteiger partial charge in [-0.1, -0.05) is 0 Å². The molecule has 0 aliphatic rings. The molecule has 6 nitrogen and oxygen atoms in total. The highest BCUT2D eigenvalue weighted by molar-refractivity contribution is 6.00. The van der Waals surface area contributed by atoms with Gasteiger partial charge in [-0.3, -0.25) is 14.9 Å². The van der Waals surface area contributed by atoms with Crippen molar-refractivity contribution in [2.75, 3.05) is 5.32 Å². The monoisotopic (exact) mass is 313 g/mol. The quantitative estimate of drug-likeness (QED) is 0.507. The van der Waals surface area contributed by atoms with Crippen molar-refractivity contribution in [3.8, 4) is 0 Å². The predicted octanol–water partition coefficient (Wildman–Crippen LogP) is 2.09. The van der Waals surface area contributed by atoms with Crippen molar-refractivity contribution < 1.29 is 31.7 Å². The molecular weight excluding hydrogens is 305 g/mol. The van der Waals surface area contributed by atoms with Gasteiger partial charge in [0.15, 0.2) is 17.0 Å². The molecule has 0 aliphatic heterocycles. The Morgan fingerprint density at radius 2 is 1.86 bits per heavy atom. The molecule has 1 aromatic carbocycles. The van der Waals surface area contributed by atoms with Crippen LogP contribution in [0.1, 0.15) is 6.92 Å². The molecule has 1 rings (SSSR count). The number of nitrogens with one attached hydrogen (secondary N) is 1. The van der Waals surface area contributed by atoms with Gasteiger partial charge in [0.25, 0.3) is 11.6 Å². The second-order valence-corrected chi connectivity index (χ2v) is 4.19. The number of benzene rings is 1. The Balaban J connectivity index is 3.26. The van der Waals surface area contributed by atoms with Crippen LogP contribution in [0.2, 0.25) is 0 Å². The van der Waals surface area contributed by atoms with E-state index in [0.717, 1.165) is 0 Å². The average Bonchev–Trinajstić information content (AvgIpc) is 2.30. The molecular formula is C10H8F5N3O3. The number of amides is 1. The van der Waals surface area contributed by atoms with Crippen molar-refractivity contribution in [1.82, 2.24) is 0 Å². The van der Waals surface area contributed by atoms with Crippen molar-refractivity contribution in [1.29, 1.82) is 0 Å². The number of hydrogen-bond donors (Lipinski definition) is 2. The fourth-order valence-electron chi connectivity index (χ4n) is 1.20. The highest BCUT2D eigenvalue weighted by atomic mass is 19.4. The molecule has 116 valence electrons. The first-order chi connectivity index (χ1) is 9.37. The lowest BCUT2D eigenvalue weighted by Gasteiger charge is -2.26. The van der Waals surface area contributed by atoms with Crippen LogP contribution in [0.25, 0.3) is 0 Å². The number of carbonyl (C=O) groups is 1. The van der Waals surface area contributed by atoms with Gasteiger partial charge in [0.05, 0.1) is 11.0 Å². The van der Waals surface area contributed by atoms with Crippen molar-refractivity contribution in [2.24, 2.45) is 5.73 Å². The topological polar surface area (TPSA) is 98.3 Å². The van der Waals surface area contributed by atoms with Gasteiger partial charge < -0.3 is 11.1 Å². The van der Waals surface area contributed by atoms with E-state index in [1.165, 1.54) is 5.32 Å². The molecule has 0 bridgehead atoms. The first kappa shape index (κ1) is 16.8. The van der Waals surface area contributed by atoms with Gasteiger partial charge in [0.1, 0.15) is 5.82 Å². The summed E-state index contributed by atoms with van der Waals surface area (Å²) in [5.41, 5.74) is -1.07. The number of nitro groups is 1. The highest BCUT2D eigenvalue weighted by Crippen LogP contribution is 2.32. The number of alkyl halides is 3. The maximum Gasteiger partial charge on any atom is 0.415 e. The summed E-state index contributed by atoms with van der Waals surface area (Å²) in [4.78, 5) is 20.8. The van der Waals surface area contributed by atoms with Crippen LogP contribution in [0.4, 0.5) is 33.3 Å². The molecule has 0 radical (unpaired) electrons. The zero-order valence-corrected chi connectivity index (χ0v) is 10.3. The second kappa shape index (κ2) is 5.24. The van der Waals surface area contributed by atoms with Crippen molar-refractivity contribution >= 4 is 17.3 Å². The minimum Gasteiger partial charge on any atom is -0.316 e. The number of nitrogens with two attached hydrogens (primary N) is 1. The van der Waals surface area contributed by atoms with E-state index in [1.54, 1.807) is 0 Å². The normalized spacial score (nSPS) is 14.4. The van der Waals surface area contributed by atoms with Crippen LogP contribution in [0.3, 0.4) is 0 Å². The molecule has 0 aliphatic carbocycles. The number of rotatable bonds is 3. The van der Waals surface area contributed by atoms with Crippen LogP contribution in [0.15, 0.2) is 12.1 Å². The van der Waals surface area contributed by atoms with Crippen molar-refractivity contribution in [3.05, 3.63) is 33.9 Å². The number of halogens is 5. The summed E-state index contributed by atoms with van der Waals surface area (Å²) in [6, 6.07) is 0.421. The van der Waals surface area contributed by atoms with Crippen LogP contribution in [0, 0.1) is 21.7 Å². The van der Waals surface area contributed by atoms with Crippen LogP contribution in [-0.2, 0) is 4.79 Å². The Morgan fingerprint density at radius 1 is 1.33 bits per heavy atom. The predicted molar refractivity (Wildman–Crippen MR) is 60.3 cm³/mol. The Kier molecular flexibility index (Phi) is 4.18. The molecule has 0 heterocycles. The van der Waals surface area contributed by atoms with Crippen molar-refractivity contribution in [2.45, 2.75) is 18.6 Å². The highest BCUT2D eigenvalue weighted by Gasteiger charge is 2.54. The molecule has 0 saturated carbocycles. The van der Waals surface area contributed by atoms with Crippen LogP contribution in [-0.4, -0.2) is 22.5 Å². The first-order valence-corrected chi connectivity index (χ1v) is 5.18. The summed E-state index contributed by atoms with van der Waals surface area (Å²) < 4.78 is 63.9. The van der Waals surface area contributed by atoms with Gasteiger partial charge in [-0.25, -0.2) is 8.78 Å². The third-order valence-electron chi connectivity index (χ3n) is 2.53. The third kappa shape index (κ3) is 3.24. The Labute approximate surface area is 113 Å². The second-order valence-electron chi connectivity index (χ2n) is 4.19. The molecule has 21 heavy (non-hydrogen) atoms. The number of anilines is 1. The minimum atomic E-state index is -5.18. The average molecular weight is 313 g/mol. The largest absolute Gasteiger partial charge is 0.415 e. The fraction of sp³-hybridized carbons (Fsp3) is 0.300. The molecule has 1 unspecified atom stereocenters. The maximum atomic E-state index is 13.4. The minimum absolute atomic E-state index is 0.171. The number of nitro benzene ring substituents is 1. The summed E-state index contributed by atoms with van der Waals surface area (Å²) >= 11 is 0. The fourth-order valence-corrected chi connectivity index (χ4v) is 1.20. The maximum absolute atomic E-state index is 13.4. The molecule has 0 saturated heterocycles. The molecule has 11 heteroatoms. The third-order valence-corrected chi connectivity index (χ3v) is 2.53. The van der Waals surface area contributed by atoms with Crippen molar-refractivity contribution in [3.63, 3.8) is 0 Å². The standard InChI is InChI=1S/C10H8F5N3O3/c1-9(16,10(13,14)15)8(19)17-7-5(12)2-4(11)3-6(7)18(20)21/h2-3H,16H2,1H3,(H,17,19). The SMILES string of the molecule is CC(N)(C(=O)Nc1c(F)cc(F)cc1[N+](=O)[O-])C(F)(F)F. The van der Waals surface area contributed by atoms with E-state index in [1.807, 2.05) is 0 Å². The molecule has 1 amide bonds. The summed E-state index contributed by atoms with van der Waals surface area (Å²) in [5.74, 6) is -4.86. The van der Waals surface area contributed by atoms with E-state index in [2.05, 4.69) is 0 Å². The number of hydrogen-bond acceptors (Lipinski definition) is 4. The summed E-state index contributed by atoms with van der Waals surface area (Å²) in [6.45, 7) is 0.301. The molecule has 1 atom stereocenters. The number of carbonyl (C=O) groups excluding carboxylic acids is 1.